The van der Waals surface area contributed by atoms with E-state index in [1.807, 2.05) is 11.8 Å². The lowest BCUT2D eigenvalue weighted by Gasteiger charge is -2.55. The van der Waals surface area contributed by atoms with Crippen molar-refractivity contribution in [3.63, 3.8) is 0 Å². The summed E-state index contributed by atoms with van der Waals surface area (Å²) in [6.07, 6.45) is 3.63. The lowest BCUT2D eigenvalue weighted by Crippen LogP contribution is -2.63. The molecule has 25 heavy (non-hydrogen) atoms. The minimum absolute atomic E-state index is 0.00919. The largest absolute Gasteiger partial charge is 0.378 e. The van der Waals surface area contributed by atoms with Crippen molar-refractivity contribution in [2.75, 3.05) is 13.2 Å². The smallest absolute Gasteiger partial charge is 0.255 e. The zero-order valence-corrected chi connectivity index (χ0v) is 15.7. The van der Waals surface area contributed by atoms with Crippen molar-refractivity contribution in [3.8, 4) is 0 Å². The highest BCUT2D eigenvalue weighted by Gasteiger charge is 2.52. The number of aromatic nitrogens is 4. The number of nitrogens with zero attached hydrogens (tertiary/aromatic N) is 5. The zero-order valence-electron chi connectivity index (χ0n) is 15.7. The van der Waals surface area contributed by atoms with Gasteiger partial charge in [0, 0.05) is 37.9 Å². The minimum Gasteiger partial charge on any atom is -0.378 e. The van der Waals surface area contributed by atoms with Gasteiger partial charge in [0.2, 0.25) is 0 Å². The lowest BCUT2D eigenvalue weighted by atomic mass is 9.63. The molecular formula is C18H27N5O2. The number of amides is 1. The number of ether oxygens (including phenoxy) is 1. The Labute approximate surface area is 148 Å². The molecule has 0 spiro atoms. The molecule has 0 bridgehead atoms. The highest BCUT2D eigenvalue weighted by Crippen LogP contribution is 2.46. The first-order valence-electron chi connectivity index (χ1n) is 8.98. The molecule has 2 aromatic heterocycles. The molecule has 1 aliphatic carbocycles. The molecule has 0 aromatic carbocycles. The fourth-order valence-corrected chi connectivity index (χ4v) is 3.73. The Morgan fingerprint density at radius 2 is 2.20 bits per heavy atom. The van der Waals surface area contributed by atoms with E-state index in [2.05, 4.69) is 36.1 Å². The monoisotopic (exact) mass is 345 g/mol. The summed E-state index contributed by atoms with van der Waals surface area (Å²) in [6, 6.07) is 1.96. The Bertz CT molecular complexity index is 770. The van der Waals surface area contributed by atoms with Crippen molar-refractivity contribution in [1.29, 1.82) is 0 Å². The molecule has 136 valence electrons. The van der Waals surface area contributed by atoms with Gasteiger partial charge in [-0.25, -0.2) is 9.67 Å². The van der Waals surface area contributed by atoms with E-state index in [1.165, 1.54) is 0 Å². The lowest BCUT2D eigenvalue weighted by molar-refractivity contribution is -0.140. The summed E-state index contributed by atoms with van der Waals surface area (Å²) in [7, 11) is 1.79. The fourth-order valence-electron chi connectivity index (χ4n) is 3.73. The molecule has 0 aliphatic heterocycles. The molecular weight excluding hydrogens is 318 g/mol. The van der Waals surface area contributed by atoms with Gasteiger partial charge < -0.3 is 9.64 Å². The average molecular weight is 345 g/mol. The van der Waals surface area contributed by atoms with Crippen LogP contribution in [-0.4, -0.2) is 56.1 Å². The van der Waals surface area contributed by atoms with E-state index in [1.54, 1.807) is 24.0 Å². The Kier molecular flexibility index (Phi) is 4.77. The summed E-state index contributed by atoms with van der Waals surface area (Å²) in [6.45, 7) is 9.90. The van der Waals surface area contributed by atoms with Gasteiger partial charge in [0.1, 0.15) is 5.52 Å². The summed E-state index contributed by atoms with van der Waals surface area (Å²) < 4.78 is 7.43. The molecule has 2 aromatic rings. The van der Waals surface area contributed by atoms with Crippen LogP contribution in [0.2, 0.25) is 0 Å². The van der Waals surface area contributed by atoms with Crippen LogP contribution in [-0.2, 0) is 11.8 Å². The summed E-state index contributed by atoms with van der Waals surface area (Å²) in [4.78, 5) is 19.5. The van der Waals surface area contributed by atoms with Crippen LogP contribution in [0.3, 0.4) is 0 Å². The van der Waals surface area contributed by atoms with Crippen LogP contribution in [0.15, 0.2) is 12.3 Å². The standard InChI is InChI=1S/C18H27N5O2/c1-6-8-23(14-10-15(25-7-2)18(14,3)4)17(24)12-9-13-16(19-11-12)22(5)21-20-13/h9,11,14-15H,6-8,10H2,1-5H3/t14-,15+/m1/s1. The highest BCUT2D eigenvalue weighted by molar-refractivity contribution is 5.96. The highest BCUT2D eigenvalue weighted by atomic mass is 16.5. The summed E-state index contributed by atoms with van der Waals surface area (Å²) in [5.41, 5.74) is 1.84. The second-order valence-corrected chi connectivity index (χ2v) is 7.30. The maximum absolute atomic E-state index is 13.2. The summed E-state index contributed by atoms with van der Waals surface area (Å²) in [5.74, 6) is 0.00919. The molecule has 2 atom stereocenters. The molecule has 2 heterocycles. The van der Waals surface area contributed by atoms with Crippen LogP contribution >= 0.6 is 0 Å². The molecule has 7 heteroatoms. The first-order valence-corrected chi connectivity index (χ1v) is 8.98. The van der Waals surface area contributed by atoms with Gasteiger partial charge >= 0.3 is 0 Å². The third-order valence-electron chi connectivity index (χ3n) is 5.28. The number of rotatable bonds is 6. The quantitative estimate of drug-likeness (QED) is 0.804. The van der Waals surface area contributed by atoms with Gasteiger partial charge in [0.15, 0.2) is 5.65 Å². The van der Waals surface area contributed by atoms with Gasteiger partial charge in [-0.3, -0.25) is 4.79 Å². The number of hydrogen-bond acceptors (Lipinski definition) is 5. The van der Waals surface area contributed by atoms with Crippen molar-refractivity contribution >= 4 is 17.1 Å². The summed E-state index contributed by atoms with van der Waals surface area (Å²) in [5, 5.41) is 8.03. The van der Waals surface area contributed by atoms with Crippen LogP contribution in [0.25, 0.3) is 11.2 Å². The number of carbonyl (C=O) groups is 1. The van der Waals surface area contributed by atoms with Gasteiger partial charge in [0.25, 0.3) is 5.91 Å². The number of carbonyl (C=O) groups excluding carboxylic acids is 1. The topological polar surface area (TPSA) is 73.1 Å². The Balaban J connectivity index is 1.85. The molecule has 7 nitrogen and oxygen atoms in total. The van der Waals surface area contributed by atoms with E-state index in [-0.39, 0.29) is 23.5 Å². The minimum atomic E-state index is -0.0507. The predicted molar refractivity (Wildman–Crippen MR) is 95.2 cm³/mol. The Morgan fingerprint density at radius 1 is 1.44 bits per heavy atom. The van der Waals surface area contributed by atoms with E-state index in [9.17, 15) is 4.79 Å². The SMILES string of the molecule is CCCN(C(=O)c1cnc2c(c1)nnn2C)[C@@H]1C[C@H](OCC)C1(C)C. The third-order valence-corrected chi connectivity index (χ3v) is 5.28. The second kappa shape index (κ2) is 6.71. The van der Waals surface area contributed by atoms with Crippen LogP contribution in [0.4, 0.5) is 0 Å². The van der Waals surface area contributed by atoms with Crippen LogP contribution in [0, 0.1) is 5.41 Å². The number of aryl methyl sites for hydroxylation is 1. The van der Waals surface area contributed by atoms with Gasteiger partial charge in [-0.1, -0.05) is 26.0 Å². The van der Waals surface area contributed by atoms with Crippen molar-refractivity contribution in [1.82, 2.24) is 24.9 Å². The van der Waals surface area contributed by atoms with Crippen LogP contribution in [0.5, 0.6) is 0 Å². The molecule has 3 rings (SSSR count). The maximum Gasteiger partial charge on any atom is 0.255 e. The summed E-state index contributed by atoms with van der Waals surface area (Å²) >= 11 is 0. The first-order chi connectivity index (χ1) is 11.9. The van der Waals surface area contributed by atoms with Crippen LogP contribution < -0.4 is 0 Å². The van der Waals surface area contributed by atoms with E-state index in [4.69, 9.17) is 4.74 Å². The molecule has 1 aliphatic rings. The van der Waals surface area contributed by atoms with Crippen LogP contribution in [0.1, 0.15) is 50.9 Å². The van der Waals surface area contributed by atoms with Crippen molar-refractivity contribution in [2.24, 2.45) is 12.5 Å². The normalized spacial score (nSPS) is 22.0. The predicted octanol–water partition coefficient (Wildman–Crippen LogP) is 2.42. The van der Waals surface area contributed by atoms with E-state index in [0.717, 1.165) is 19.4 Å². The van der Waals surface area contributed by atoms with Gasteiger partial charge in [-0.15, -0.1) is 5.10 Å². The molecule has 0 radical (unpaired) electrons. The van der Waals surface area contributed by atoms with Crippen molar-refractivity contribution < 1.29 is 9.53 Å². The number of pyridine rings is 1. The van der Waals surface area contributed by atoms with E-state index >= 15 is 0 Å². The van der Waals surface area contributed by atoms with Gasteiger partial charge in [-0.05, 0) is 25.8 Å². The molecule has 0 N–H and O–H groups in total. The Hall–Kier alpha value is -2.02. The fraction of sp³-hybridized carbons (Fsp3) is 0.667. The van der Waals surface area contributed by atoms with Gasteiger partial charge in [-0.2, -0.15) is 0 Å². The molecule has 0 unspecified atom stereocenters. The molecule has 0 saturated heterocycles. The molecule has 1 saturated carbocycles. The molecule has 1 fully saturated rings. The maximum atomic E-state index is 13.2. The first kappa shape index (κ1) is 17.8. The van der Waals surface area contributed by atoms with E-state index in [0.29, 0.717) is 23.3 Å². The van der Waals surface area contributed by atoms with Crippen molar-refractivity contribution in [2.45, 2.75) is 52.7 Å². The third kappa shape index (κ3) is 3.01. The Morgan fingerprint density at radius 3 is 2.84 bits per heavy atom. The van der Waals surface area contributed by atoms with E-state index < -0.39 is 0 Å². The van der Waals surface area contributed by atoms with Crippen molar-refractivity contribution in [3.05, 3.63) is 17.8 Å². The second-order valence-electron chi connectivity index (χ2n) is 7.30. The average Bonchev–Trinajstić information content (AvgIpc) is 2.97. The van der Waals surface area contributed by atoms with Gasteiger partial charge in [0.05, 0.1) is 11.7 Å². The number of fused-ring (bicyclic) bond motifs is 1. The molecule has 1 amide bonds. The number of hydrogen-bond donors (Lipinski definition) is 0. The zero-order chi connectivity index (χ0) is 18.2.